The summed E-state index contributed by atoms with van der Waals surface area (Å²) in [5, 5.41) is 10.4. The molecule has 0 unspecified atom stereocenters. The summed E-state index contributed by atoms with van der Waals surface area (Å²) in [6, 6.07) is 17.2. The highest BCUT2D eigenvalue weighted by atomic mass is 79.9. The van der Waals surface area contributed by atoms with Crippen molar-refractivity contribution in [1.82, 2.24) is 30.9 Å². The van der Waals surface area contributed by atoms with Crippen LogP contribution in [-0.2, 0) is 11.3 Å². The molecule has 0 radical (unpaired) electrons. The molecular weight excluding hydrogens is 609 g/mol. The van der Waals surface area contributed by atoms with Crippen molar-refractivity contribution in [2.75, 3.05) is 11.9 Å². The van der Waals surface area contributed by atoms with Crippen LogP contribution >= 0.6 is 39.1 Å². The molecule has 0 bridgehead atoms. The summed E-state index contributed by atoms with van der Waals surface area (Å²) in [7, 11) is 0. The van der Waals surface area contributed by atoms with Crippen molar-refractivity contribution in [2.24, 2.45) is 0 Å². The van der Waals surface area contributed by atoms with Gasteiger partial charge in [-0.25, -0.2) is 15.1 Å². The normalized spacial score (nSPS) is 10.7. The highest BCUT2D eigenvalue weighted by Gasteiger charge is 2.22. The third-order valence-corrected chi connectivity index (χ3v) is 6.32. The van der Waals surface area contributed by atoms with E-state index in [4.69, 9.17) is 23.2 Å². The molecular formula is C26H22BrCl2N7O3. The molecule has 3 amide bonds. The number of pyridine rings is 1. The Hall–Kier alpha value is -3.77. The second-order valence-electron chi connectivity index (χ2n) is 8.24. The van der Waals surface area contributed by atoms with Crippen molar-refractivity contribution in [2.45, 2.75) is 13.5 Å². The minimum Gasteiger partial charge on any atom is -0.351 e. The number of hydrogen-bond donors (Lipinski definition) is 4. The minimum absolute atomic E-state index is 0.0894. The molecule has 2 aromatic carbocycles. The topological polar surface area (TPSA) is 130 Å². The van der Waals surface area contributed by atoms with Crippen LogP contribution in [0.25, 0.3) is 5.82 Å². The van der Waals surface area contributed by atoms with Gasteiger partial charge < -0.3 is 10.6 Å². The highest BCUT2D eigenvalue weighted by Crippen LogP contribution is 2.27. The average Bonchev–Trinajstić information content (AvgIpc) is 3.31. The number of carbonyl (C=O) groups is 3. The zero-order valence-corrected chi connectivity index (χ0v) is 23.6. The molecule has 39 heavy (non-hydrogen) atoms. The number of carbonyl (C=O) groups excluding carboxylic acids is 3. The summed E-state index contributed by atoms with van der Waals surface area (Å²) in [5.74, 6) is -1.23. The van der Waals surface area contributed by atoms with Crippen LogP contribution in [-0.4, -0.2) is 39.0 Å². The van der Waals surface area contributed by atoms with E-state index in [9.17, 15) is 14.4 Å². The highest BCUT2D eigenvalue weighted by molar-refractivity contribution is 9.10. The lowest BCUT2D eigenvalue weighted by atomic mass is 10.1. The molecule has 13 heteroatoms. The zero-order chi connectivity index (χ0) is 27.9. The van der Waals surface area contributed by atoms with Crippen molar-refractivity contribution >= 4 is 62.5 Å². The molecule has 0 aliphatic rings. The number of hydrogen-bond acceptors (Lipinski definition) is 6. The molecule has 2 aromatic heterocycles. The molecule has 0 atom stereocenters. The molecule has 2 heterocycles. The zero-order valence-electron chi connectivity index (χ0n) is 20.5. The lowest BCUT2D eigenvalue weighted by Crippen LogP contribution is -2.44. The van der Waals surface area contributed by atoms with Gasteiger partial charge in [0.05, 0.1) is 22.8 Å². The van der Waals surface area contributed by atoms with Gasteiger partial charge in [0.25, 0.3) is 11.8 Å². The first kappa shape index (κ1) is 28.2. The summed E-state index contributed by atoms with van der Waals surface area (Å²) in [6.07, 6.45) is 1.53. The number of aryl methyl sites for hydroxylation is 1. The van der Waals surface area contributed by atoms with E-state index in [1.165, 1.54) is 23.0 Å². The summed E-state index contributed by atoms with van der Waals surface area (Å²) < 4.78 is 1.68. The number of nitrogens with zero attached hydrogens (tertiary/aromatic N) is 3. The molecule has 10 nitrogen and oxygen atoms in total. The first-order chi connectivity index (χ1) is 18.7. The molecule has 0 aliphatic heterocycles. The van der Waals surface area contributed by atoms with Gasteiger partial charge >= 0.3 is 0 Å². The molecule has 0 saturated carbocycles. The summed E-state index contributed by atoms with van der Waals surface area (Å²) in [4.78, 5) is 42.7. The Bertz CT molecular complexity index is 1530. The molecule has 0 fully saturated rings. The third-order valence-electron chi connectivity index (χ3n) is 5.42. The minimum atomic E-state index is -0.603. The number of halogens is 3. The van der Waals surface area contributed by atoms with Crippen LogP contribution in [0.3, 0.4) is 0 Å². The number of hydrazine groups is 1. The summed E-state index contributed by atoms with van der Waals surface area (Å²) >= 11 is 15.8. The molecule has 0 spiro atoms. The van der Waals surface area contributed by atoms with Crippen molar-refractivity contribution in [1.29, 1.82) is 0 Å². The average molecular weight is 631 g/mol. The van der Waals surface area contributed by atoms with Gasteiger partial charge in [0.1, 0.15) is 10.3 Å². The number of anilines is 1. The van der Waals surface area contributed by atoms with Gasteiger partial charge in [-0.15, -0.1) is 0 Å². The van der Waals surface area contributed by atoms with Gasteiger partial charge in [-0.05, 0) is 58.2 Å². The van der Waals surface area contributed by atoms with Gasteiger partial charge in [0.2, 0.25) is 5.91 Å². The maximum Gasteiger partial charge on any atom is 0.274 e. The Balaban J connectivity index is 1.46. The van der Waals surface area contributed by atoms with E-state index in [0.717, 1.165) is 5.56 Å². The van der Waals surface area contributed by atoms with Crippen LogP contribution in [0.1, 0.15) is 32.0 Å². The van der Waals surface area contributed by atoms with Crippen LogP contribution in [0.2, 0.25) is 10.0 Å². The molecule has 4 rings (SSSR count). The van der Waals surface area contributed by atoms with Crippen LogP contribution in [0.15, 0.2) is 71.5 Å². The fourth-order valence-electron chi connectivity index (χ4n) is 3.61. The molecule has 0 aliphatic carbocycles. The van der Waals surface area contributed by atoms with Gasteiger partial charge in [-0.2, -0.15) is 5.10 Å². The Kier molecular flexibility index (Phi) is 9.31. The van der Waals surface area contributed by atoms with E-state index in [2.05, 4.69) is 47.5 Å². The van der Waals surface area contributed by atoms with E-state index < -0.39 is 11.8 Å². The summed E-state index contributed by atoms with van der Waals surface area (Å²) in [5.41, 5.74) is 7.01. The molecule has 4 N–H and O–H groups in total. The summed E-state index contributed by atoms with van der Waals surface area (Å²) in [6.45, 7) is 1.89. The first-order valence-corrected chi connectivity index (χ1v) is 13.1. The maximum atomic E-state index is 13.3. The second kappa shape index (κ2) is 12.9. The molecule has 4 aromatic rings. The monoisotopic (exact) mass is 629 g/mol. The Morgan fingerprint density at radius 1 is 1.00 bits per heavy atom. The third kappa shape index (κ3) is 7.21. The Morgan fingerprint density at radius 2 is 1.77 bits per heavy atom. The van der Waals surface area contributed by atoms with E-state index in [0.29, 0.717) is 26.8 Å². The van der Waals surface area contributed by atoms with E-state index in [1.807, 2.05) is 30.3 Å². The van der Waals surface area contributed by atoms with E-state index >= 15 is 0 Å². The fourth-order valence-corrected chi connectivity index (χ4v) is 4.46. The van der Waals surface area contributed by atoms with Crippen molar-refractivity contribution in [3.05, 3.63) is 104 Å². The van der Waals surface area contributed by atoms with E-state index in [-0.39, 0.29) is 35.2 Å². The standard InChI is InChI=1S/C26H22BrCl2N7O3/c1-15-10-17(28)11-18(25(38)34-32-14-22(37)31-13-16-6-3-2-4-7-16)23(15)33-26(39)20-12-21(27)35-36(20)24-19(29)8-5-9-30-24/h2-12,32H,13-14H2,1H3,(H,31,37)(H,33,39)(H,34,38). The predicted molar refractivity (Wildman–Crippen MR) is 152 cm³/mol. The molecule has 200 valence electrons. The van der Waals surface area contributed by atoms with Gasteiger partial charge in [-0.3, -0.25) is 19.8 Å². The number of benzene rings is 2. The Morgan fingerprint density at radius 3 is 2.51 bits per heavy atom. The van der Waals surface area contributed by atoms with Gasteiger partial charge in [-0.1, -0.05) is 53.5 Å². The predicted octanol–water partition coefficient (Wildman–Crippen LogP) is 4.45. The van der Waals surface area contributed by atoms with Crippen molar-refractivity contribution in [3.8, 4) is 5.82 Å². The van der Waals surface area contributed by atoms with Crippen LogP contribution in [0.4, 0.5) is 5.69 Å². The Labute approximate surface area is 242 Å². The first-order valence-electron chi connectivity index (χ1n) is 11.5. The SMILES string of the molecule is Cc1cc(Cl)cc(C(=O)NNCC(=O)NCc2ccccc2)c1NC(=O)c1cc(Br)nn1-c1ncccc1Cl. The van der Waals surface area contributed by atoms with Crippen LogP contribution in [0, 0.1) is 6.92 Å². The van der Waals surface area contributed by atoms with Gasteiger partial charge in [0.15, 0.2) is 5.82 Å². The van der Waals surface area contributed by atoms with E-state index in [1.54, 1.807) is 25.1 Å². The largest absolute Gasteiger partial charge is 0.351 e. The number of rotatable bonds is 9. The lowest BCUT2D eigenvalue weighted by molar-refractivity contribution is -0.120. The smallest absolute Gasteiger partial charge is 0.274 e. The maximum absolute atomic E-state index is 13.3. The van der Waals surface area contributed by atoms with Crippen molar-refractivity contribution < 1.29 is 14.4 Å². The van der Waals surface area contributed by atoms with Crippen molar-refractivity contribution in [3.63, 3.8) is 0 Å². The second-order valence-corrected chi connectivity index (χ2v) is 9.90. The lowest BCUT2D eigenvalue weighted by Gasteiger charge is -2.16. The van der Waals surface area contributed by atoms with Gasteiger partial charge in [0, 0.05) is 23.8 Å². The fraction of sp³-hybridized carbons (Fsp3) is 0.115. The number of nitrogens with one attached hydrogen (secondary N) is 4. The van der Waals surface area contributed by atoms with Crippen LogP contribution < -0.4 is 21.5 Å². The number of aromatic nitrogens is 3. The van der Waals surface area contributed by atoms with Crippen LogP contribution in [0.5, 0.6) is 0 Å². The quantitative estimate of drug-likeness (QED) is 0.202. The number of amides is 3. The molecule has 0 saturated heterocycles.